The summed E-state index contributed by atoms with van der Waals surface area (Å²) in [6, 6.07) is 5.65. The third-order valence-electron chi connectivity index (χ3n) is 2.99. The molecule has 0 unspecified atom stereocenters. The van der Waals surface area contributed by atoms with Crippen molar-refractivity contribution in [2.45, 2.75) is 35.7 Å². The zero-order chi connectivity index (χ0) is 17.7. The average molecular weight is 372 g/mol. The Labute approximate surface area is 148 Å². The van der Waals surface area contributed by atoms with Crippen LogP contribution in [0, 0.1) is 0 Å². The fourth-order valence-corrected chi connectivity index (χ4v) is 2.26. The highest BCUT2D eigenvalue weighted by atomic mass is 32.1. The Balaban J connectivity index is 1.69. The third kappa shape index (κ3) is 4.65. The highest BCUT2D eigenvalue weighted by molar-refractivity contribution is 7.80. The molecule has 0 bridgehead atoms. The van der Waals surface area contributed by atoms with Gasteiger partial charge in [-0.25, -0.2) is 9.59 Å². The first kappa shape index (κ1) is 18.1. The summed E-state index contributed by atoms with van der Waals surface area (Å²) >= 11 is 8.05. The number of nitrogens with zero attached hydrogens (tertiary/aromatic N) is 2. The van der Waals surface area contributed by atoms with Crippen LogP contribution in [0.1, 0.15) is 25.7 Å². The summed E-state index contributed by atoms with van der Waals surface area (Å²) in [4.78, 5) is 33.2. The standard InChI is InChI=1S/C14H16N2O6S2/c17-9-5-7-11(23)15(9)21-13(19)3-1-2-4-14(20)22-16-10(18)6-8-12(16)24/h5-8,17-18,23-24H,1-4H2. The minimum Gasteiger partial charge on any atom is -0.492 e. The molecule has 0 amide bonds. The van der Waals surface area contributed by atoms with Gasteiger partial charge in [-0.05, 0) is 25.0 Å². The van der Waals surface area contributed by atoms with E-state index in [0.29, 0.717) is 22.9 Å². The first-order valence-corrected chi connectivity index (χ1v) is 7.89. The van der Waals surface area contributed by atoms with Crippen molar-refractivity contribution in [1.29, 1.82) is 0 Å². The number of hydrogen-bond acceptors (Lipinski definition) is 8. The van der Waals surface area contributed by atoms with Gasteiger partial charge in [0.2, 0.25) is 11.8 Å². The molecule has 2 rings (SSSR count). The van der Waals surface area contributed by atoms with E-state index < -0.39 is 11.9 Å². The van der Waals surface area contributed by atoms with Crippen molar-refractivity contribution in [1.82, 2.24) is 9.46 Å². The maximum atomic E-state index is 11.7. The lowest BCUT2D eigenvalue weighted by atomic mass is 10.2. The van der Waals surface area contributed by atoms with Gasteiger partial charge in [0.1, 0.15) is 10.1 Å². The van der Waals surface area contributed by atoms with Gasteiger partial charge in [0.15, 0.2) is 0 Å². The Morgan fingerprint density at radius 3 is 1.50 bits per heavy atom. The van der Waals surface area contributed by atoms with Crippen molar-refractivity contribution in [2.75, 3.05) is 0 Å². The summed E-state index contributed by atoms with van der Waals surface area (Å²) in [5.41, 5.74) is 0. The number of carbonyl (C=O) groups excluding carboxylic acids is 2. The van der Waals surface area contributed by atoms with Crippen molar-refractivity contribution in [3.05, 3.63) is 24.3 Å². The van der Waals surface area contributed by atoms with Crippen molar-refractivity contribution in [2.24, 2.45) is 0 Å². The largest absolute Gasteiger partial charge is 0.492 e. The van der Waals surface area contributed by atoms with E-state index in [1.54, 1.807) is 0 Å². The zero-order valence-electron chi connectivity index (χ0n) is 12.5. The molecule has 2 aromatic heterocycles. The van der Waals surface area contributed by atoms with Crippen molar-refractivity contribution in [3.8, 4) is 11.8 Å². The lowest BCUT2D eigenvalue weighted by Gasteiger charge is -2.08. The van der Waals surface area contributed by atoms with Crippen LogP contribution in [-0.2, 0) is 9.59 Å². The van der Waals surface area contributed by atoms with E-state index in [4.69, 9.17) is 9.68 Å². The molecule has 0 atom stereocenters. The van der Waals surface area contributed by atoms with E-state index in [-0.39, 0.29) is 24.6 Å². The second-order valence-electron chi connectivity index (χ2n) is 4.82. The minimum absolute atomic E-state index is 0.0602. The number of hydrogen-bond donors (Lipinski definition) is 4. The smallest absolute Gasteiger partial charge is 0.333 e. The number of aromatic nitrogens is 2. The van der Waals surface area contributed by atoms with Gasteiger partial charge >= 0.3 is 11.9 Å². The summed E-state index contributed by atoms with van der Waals surface area (Å²) in [5, 5.41) is 19.5. The van der Waals surface area contributed by atoms with E-state index in [0.717, 1.165) is 9.46 Å². The Morgan fingerprint density at radius 1 is 0.833 bits per heavy atom. The topological polar surface area (TPSA) is 103 Å². The fraction of sp³-hybridized carbons (Fsp3) is 0.286. The van der Waals surface area contributed by atoms with Crippen LogP contribution in [0.2, 0.25) is 0 Å². The molecule has 0 radical (unpaired) electrons. The van der Waals surface area contributed by atoms with Crippen LogP contribution in [0.5, 0.6) is 11.8 Å². The Kier molecular flexibility index (Phi) is 6.10. The predicted molar refractivity (Wildman–Crippen MR) is 88.3 cm³/mol. The van der Waals surface area contributed by atoms with E-state index in [2.05, 4.69) is 25.3 Å². The molecule has 0 fully saturated rings. The van der Waals surface area contributed by atoms with Gasteiger partial charge in [-0.3, -0.25) is 0 Å². The molecule has 10 heteroatoms. The van der Waals surface area contributed by atoms with E-state index >= 15 is 0 Å². The Bertz CT molecular complexity index is 638. The third-order valence-corrected chi connectivity index (χ3v) is 3.65. The van der Waals surface area contributed by atoms with Crippen LogP contribution >= 0.6 is 25.3 Å². The van der Waals surface area contributed by atoms with E-state index in [1.165, 1.54) is 24.3 Å². The highest BCUT2D eigenvalue weighted by Gasteiger charge is 2.13. The molecule has 2 N–H and O–H groups in total. The van der Waals surface area contributed by atoms with Crippen molar-refractivity contribution < 1.29 is 29.5 Å². The summed E-state index contributed by atoms with van der Waals surface area (Å²) in [5.74, 6) is -1.59. The first-order valence-electron chi connectivity index (χ1n) is 7.00. The summed E-state index contributed by atoms with van der Waals surface area (Å²) in [6.07, 6.45) is 0.905. The van der Waals surface area contributed by atoms with Gasteiger partial charge in [0.25, 0.3) is 0 Å². The van der Waals surface area contributed by atoms with Gasteiger partial charge < -0.3 is 19.9 Å². The summed E-state index contributed by atoms with van der Waals surface area (Å²) in [6.45, 7) is 0. The van der Waals surface area contributed by atoms with Gasteiger partial charge in [-0.15, -0.1) is 34.7 Å². The van der Waals surface area contributed by atoms with Gasteiger partial charge in [0.05, 0.1) is 0 Å². The predicted octanol–water partition coefficient (Wildman–Crippen LogP) is 1.45. The quantitative estimate of drug-likeness (QED) is 0.433. The number of unbranched alkanes of at least 4 members (excludes halogenated alkanes) is 1. The second-order valence-corrected chi connectivity index (χ2v) is 5.74. The van der Waals surface area contributed by atoms with Gasteiger partial charge in [-0.1, -0.05) is 0 Å². The highest BCUT2D eigenvalue weighted by Crippen LogP contribution is 2.18. The first-order chi connectivity index (χ1) is 11.4. The summed E-state index contributed by atoms with van der Waals surface area (Å²) in [7, 11) is 0. The molecule has 0 aliphatic rings. The Morgan fingerprint density at radius 2 is 1.21 bits per heavy atom. The molecule has 0 aliphatic heterocycles. The molecule has 24 heavy (non-hydrogen) atoms. The Hall–Kier alpha value is -2.20. The van der Waals surface area contributed by atoms with Crippen LogP contribution in [0.3, 0.4) is 0 Å². The molecule has 0 aliphatic carbocycles. The molecule has 2 heterocycles. The van der Waals surface area contributed by atoms with Crippen LogP contribution in [0.25, 0.3) is 0 Å². The molecule has 0 saturated carbocycles. The maximum absolute atomic E-state index is 11.7. The van der Waals surface area contributed by atoms with Crippen LogP contribution in [-0.4, -0.2) is 31.6 Å². The van der Waals surface area contributed by atoms with Crippen molar-refractivity contribution >= 4 is 37.2 Å². The van der Waals surface area contributed by atoms with E-state index in [1.807, 2.05) is 0 Å². The van der Waals surface area contributed by atoms with Crippen LogP contribution < -0.4 is 9.68 Å². The van der Waals surface area contributed by atoms with Gasteiger partial charge in [0, 0.05) is 25.0 Å². The van der Waals surface area contributed by atoms with E-state index in [9.17, 15) is 19.8 Å². The normalized spacial score (nSPS) is 10.6. The summed E-state index contributed by atoms with van der Waals surface area (Å²) < 4.78 is 1.81. The zero-order valence-corrected chi connectivity index (χ0v) is 14.2. The minimum atomic E-state index is -0.564. The van der Waals surface area contributed by atoms with Gasteiger partial charge in [-0.2, -0.15) is 0 Å². The second kappa shape index (κ2) is 8.06. The molecule has 0 saturated heterocycles. The number of rotatable bonds is 7. The molecule has 130 valence electrons. The molecular weight excluding hydrogens is 356 g/mol. The average Bonchev–Trinajstić information content (AvgIpc) is 3.01. The molecule has 8 nitrogen and oxygen atoms in total. The lowest BCUT2D eigenvalue weighted by molar-refractivity contribution is -0.148. The van der Waals surface area contributed by atoms with Crippen molar-refractivity contribution in [3.63, 3.8) is 0 Å². The number of aromatic hydroxyl groups is 2. The van der Waals surface area contributed by atoms with Crippen LogP contribution in [0.15, 0.2) is 34.3 Å². The monoisotopic (exact) mass is 372 g/mol. The van der Waals surface area contributed by atoms with Crippen LogP contribution in [0.4, 0.5) is 0 Å². The molecule has 2 aromatic rings. The number of thiol groups is 2. The number of carbonyl (C=O) groups is 2. The molecule has 0 spiro atoms. The molecular formula is C14H16N2O6S2. The maximum Gasteiger partial charge on any atom is 0.333 e. The SMILES string of the molecule is O=C(CCCCC(=O)On1c(O)ccc1S)On1c(O)ccc1S. The molecule has 0 aromatic carbocycles. The lowest BCUT2D eigenvalue weighted by Crippen LogP contribution is -2.20. The fourth-order valence-electron chi connectivity index (χ4n) is 1.82.